The molecule has 2 aromatic carbocycles. The van der Waals surface area contributed by atoms with Gasteiger partial charge in [-0.05, 0) is 55.1 Å². The van der Waals surface area contributed by atoms with Crippen molar-refractivity contribution in [3.63, 3.8) is 0 Å². The summed E-state index contributed by atoms with van der Waals surface area (Å²) in [5.41, 5.74) is 2.30. The number of hydrogen-bond donors (Lipinski definition) is 0. The highest BCUT2D eigenvalue weighted by Crippen LogP contribution is 2.35. The Labute approximate surface area is 168 Å². The lowest BCUT2D eigenvalue weighted by Crippen LogP contribution is -2.31. The average molecular weight is 401 g/mol. The van der Waals surface area contributed by atoms with Gasteiger partial charge in [0, 0.05) is 19.6 Å². The van der Waals surface area contributed by atoms with Crippen LogP contribution in [0.25, 0.3) is 0 Å². The molecule has 0 aromatic heterocycles. The Morgan fingerprint density at radius 1 is 0.929 bits per heavy atom. The normalized spacial score (nSPS) is 25.2. The number of likely N-dealkylation sites (tertiary alicyclic amines) is 1. The number of benzene rings is 2. The zero-order chi connectivity index (χ0) is 19.6. The Morgan fingerprint density at radius 3 is 2.32 bits per heavy atom. The van der Waals surface area contributed by atoms with Crippen LogP contribution in [-0.4, -0.2) is 49.6 Å². The Kier molecular flexibility index (Phi) is 5.71. The summed E-state index contributed by atoms with van der Waals surface area (Å²) < 4.78 is 33.2. The van der Waals surface area contributed by atoms with Crippen molar-refractivity contribution in [3.05, 3.63) is 65.7 Å². The van der Waals surface area contributed by atoms with Gasteiger partial charge < -0.3 is 4.74 Å². The highest BCUT2D eigenvalue weighted by Gasteiger charge is 2.46. The van der Waals surface area contributed by atoms with Crippen LogP contribution in [-0.2, 0) is 23.1 Å². The average Bonchev–Trinajstić information content (AvgIpc) is 2.84. The molecule has 2 heterocycles. The molecule has 0 bridgehead atoms. The number of nitrogens with zero attached hydrogens (tertiary/aromatic N) is 2. The topological polar surface area (TPSA) is 49.9 Å². The predicted molar refractivity (Wildman–Crippen MR) is 111 cm³/mol. The number of fused-ring (bicyclic) bond motifs is 1. The molecular formula is C22H28N2O3S. The molecule has 4 rings (SSSR count). The first-order chi connectivity index (χ1) is 13.6. The third-order valence-electron chi connectivity index (χ3n) is 6.02. The van der Waals surface area contributed by atoms with Crippen LogP contribution >= 0.6 is 0 Å². The lowest BCUT2D eigenvalue weighted by molar-refractivity contribution is 0.267. The van der Waals surface area contributed by atoms with E-state index >= 15 is 0 Å². The summed E-state index contributed by atoms with van der Waals surface area (Å²) in [4.78, 5) is 2.40. The molecule has 0 saturated carbocycles. The van der Waals surface area contributed by atoms with Crippen molar-refractivity contribution in [1.29, 1.82) is 0 Å². The van der Waals surface area contributed by atoms with Crippen LogP contribution in [0.15, 0.2) is 54.6 Å². The lowest BCUT2D eigenvalue weighted by atomic mass is 10.0. The second kappa shape index (κ2) is 8.23. The zero-order valence-corrected chi connectivity index (χ0v) is 17.1. The first-order valence-corrected chi connectivity index (χ1v) is 11.4. The fourth-order valence-electron chi connectivity index (χ4n) is 4.44. The molecule has 0 N–H and O–H groups in total. The molecule has 2 aliphatic heterocycles. The van der Waals surface area contributed by atoms with Crippen LogP contribution < -0.4 is 4.74 Å². The third kappa shape index (κ3) is 4.09. The van der Waals surface area contributed by atoms with Crippen molar-refractivity contribution >= 4 is 10.0 Å². The summed E-state index contributed by atoms with van der Waals surface area (Å²) in [5, 5.41) is -0.244. The molecule has 0 amide bonds. The number of ether oxygens (including phenoxy) is 1. The van der Waals surface area contributed by atoms with Gasteiger partial charge in [0.15, 0.2) is 0 Å². The zero-order valence-electron chi connectivity index (χ0n) is 16.3. The van der Waals surface area contributed by atoms with E-state index in [9.17, 15) is 8.42 Å². The summed E-state index contributed by atoms with van der Waals surface area (Å²) >= 11 is 0. The van der Waals surface area contributed by atoms with Gasteiger partial charge in [0.2, 0.25) is 10.0 Å². The van der Waals surface area contributed by atoms with Gasteiger partial charge in [0.05, 0.1) is 12.4 Å². The third-order valence-corrected chi connectivity index (χ3v) is 8.40. The van der Waals surface area contributed by atoms with Crippen LogP contribution in [0.5, 0.6) is 5.75 Å². The summed E-state index contributed by atoms with van der Waals surface area (Å²) in [6, 6.07) is 18.1. The van der Waals surface area contributed by atoms with Crippen molar-refractivity contribution < 1.29 is 13.2 Å². The first kappa shape index (κ1) is 19.4. The highest BCUT2D eigenvalue weighted by atomic mass is 32.2. The molecule has 2 aliphatic rings. The van der Waals surface area contributed by atoms with Gasteiger partial charge in [-0.1, -0.05) is 42.5 Å². The highest BCUT2D eigenvalue weighted by molar-refractivity contribution is 7.90. The van der Waals surface area contributed by atoms with E-state index in [1.807, 2.05) is 30.3 Å². The van der Waals surface area contributed by atoms with Crippen molar-refractivity contribution in [3.8, 4) is 5.75 Å². The van der Waals surface area contributed by atoms with E-state index < -0.39 is 10.0 Å². The minimum atomic E-state index is -3.25. The van der Waals surface area contributed by atoms with Crippen molar-refractivity contribution in [2.24, 2.45) is 5.92 Å². The summed E-state index contributed by atoms with van der Waals surface area (Å²) in [5.74, 6) is 1.01. The fourth-order valence-corrected chi connectivity index (χ4v) is 6.66. The largest absolute Gasteiger partial charge is 0.497 e. The van der Waals surface area contributed by atoms with E-state index in [0.29, 0.717) is 13.1 Å². The molecule has 0 radical (unpaired) electrons. The number of rotatable bonds is 5. The minimum Gasteiger partial charge on any atom is -0.497 e. The van der Waals surface area contributed by atoms with Gasteiger partial charge in [-0.2, -0.15) is 4.31 Å². The number of methoxy groups -OCH3 is 1. The molecule has 2 aromatic rings. The minimum absolute atomic E-state index is 0.226. The lowest BCUT2D eigenvalue weighted by Gasteiger charge is -2.22. The molecular weight excluding hydrogens is 372 g/mol. The maximum Gasteiger partial charge on any atom is 0.217 e. The molecule has 2 saturated heterocycles. The van der Waals surface area contributed by atoms with E-state index in [-0.39, 0.29) is 11.2 Å². The fraction of sp³-hybridized carbons (Fsp3) is 0.455. The van der Waals surface area contributed by atoms with Crippen molar-refractivity contribution in [2.75, 3.05) is 26.7 Å². The molecule has 0 spiro atoms. The van der Waals surface area contributed by atoms with Crippen molar-refractivity contribution in [2.45, 2.75) is 31.2 Å². The maximum atomic E-state index is 13.2. The Bertz CT molecular complexity index is 884. The Balaban J connectivity index is 1.41. The van der Waals surface area contributed by atoms with Crippen LogP contribution in [0.2, 0.25) is 0 Å². The Morgan fingerprint density at radius 2 is 1.61 bits per heavy atom. The van der Waals surface area contributed by atoms with Crippen LogP contribution in [0.4, 0.5) is 0 Å². The second-order valence-corrected chi connectivity index (χ2v) is 9.98. The van der Waals surface area contributed by atoms with Gasteiger partial charge in [-0.25, -0.2) is 8.42 Å². The van der Waals surface area contributed by atoms with E-state index in [0.717, 1.165) is 43.8 Å². The molecule has 150 valence electrons. The molecule has 2 fully saturated rings. The predicted octanol–water partition coefficient (Wildman–Crippen LogP) is 3.12. The SMILES string of the molecule is COc1ccc(CN2C[C@H]3CCN(Cc4ccccc4)CC[C@H]3S2(=O)=O)cc1. The van der Waals surface area contributed by atoms with E-state index in [2.05, 4.69) is 29.2 Å². The first-order valence-electron chi connectivity index (χ1n) is 9.94. The van der Waals surface area contributed by atoms with Crippen LogP contribution in [0.3, 0.4) is 0 Å². The quantitative estimate of drug-likeness (QED) is 0.774. The summed E-state index contributed by atoms with van der Waals surface area (Å²) in [6.07, 6.45) is 1.66. The van der Waals surface area contributed by atoms with Crippen LogP contribution in [0, 0.1) is 5.92 Å². The second-order valence-electron chi connectivity index (χ2n) is 7.82. The smallest absolute Gasteiger partial charge is 0.217 e. The molecule has 0 aliphatic carbocycles. The summed E-state index contributed by atoms with van der Waals surface area (Å²) in [6.45, 7) is 3.79. The standard InChI is InChI=1S/C22H28N2O3S/c1-27-21-9-7-19(8-10-21)16-24-17-20-11-13-23(14-12-22(20)28(24,25)26)15-18-5-3-2-4-6-18/h2-10,20,22H,11-17H2,1H3/t20-,22-/m1/s1. The monoisotopic (exact) mass is 400 g/mol. The molecule has 2 atom stereocenters. The van der Waals surface area contributed by atoms with Gasteiger partial charge >= 0.3 is 0 Å². The molecule has 6 heteroatoms. The van der Waals surface area contributed by atoms with Crippen molar-refractivity contribution in [1.82, 2.24) is 9.21 Å². The number of hydrogen-bond acceptors (Lipinski definition) is 4. The van der Waals surface area contributed by atoms with E-state index in [4.69, 9.17) is 4.74 Å². The van der Waals surface area contributed by atoms with Crippen LogP contribution in [0.1, 0.15) is 24.0 Å². The van der Waals surface area contributed by atoms with E-state index in [1.54, 1.807) is 11.4 Å². The number of sulfonamides is 1. The summed E-state index contributed by atoms with van der Waals surface area (Å²) in [7, 11) is -1.61. The maximum absolute atomic E-state index is 13.2. The van der Waals surface area contributed by atoms with Gasteiger partial charge in [0.1, 0.15) is 5.75 Å². The molecule has 28 heavy (non-hydrogen) atoms. The van der Waals surface area contributed by atoms with E-state index in [1.165, 1.54) is 5.56 Å². The van der Waals surface area contributed by atoms with Gasteiger partial charge in [0.25, 0.3) is 0 Å². The van der Waals surface area contributed by atoms with Gasteiger partial charge in [-0.15, -0.1) is 0 Å². The Hall–Kier alpha value is -1.89. The molecule has 5 nitrogen and oxygen atoms in total. The molecule has 0 unspecified atom stereocenters. The van der Waals surface area contributed by atoms with Gasteiger partial charge in [-0.3, -0.25) is 4.90 Å².